The molecule has 0 radical (unpaired) electrons. The number of rotatable bonds is 11. The summed E-state index contributed by atoms with van der Waals surface area (Å²) in [5, 5.41) is 3.34. The SMILES string of the molecule is CCCNCc1coc(N(CCOC)C(CC)CC)n1. The lowest BCUT2D eigenvalue weighted by Crippen LogP contribution is -2.37. The Morgan fingerprint density at radius 1 is 1.35 bits per heavy atom. The number of hydrogen-bond donors (Lipinski definition) is 1. The number of nitrogens with zero attached hydrogens (tertiary/aromatic N) is 2. The summed E-state index contributed by atoms with van der Waals surface area (Å²) in [5.74, 6) is 0. The lowest BCUT2D eigenvalue weighted by molar-refractivity contribution is 0.201. The molecule has 0 aliphatic rings. The maximum Gasteiger partial charge on any atom is 0.297 e. The molecular weight excluding hydrogens is 254 g/mol. The van der Waals surface area contributed by atoms with Gasteiger partial charge < -0.3 is 19.4 Å². The van der Waals surface area contributed by atoms with Crippen molar-refractivity contribution in [3.63, 3.8) is 0 Å². The van der Waals surface area contributed by atoms with Crippen LogP contribution in [-0.2, 0) is 11.3 Å². The molecule has 0 aliphatic heterocycles. The summed E-state index contributed by atoms with van der Waals surface area (Å²) in [5.41, 5.74) is 0.960. The predicted octanol–water partition coefficient (Wildman–Crippen LogP) is 2.82. The molecule has 0 aromatic carbocycles. The van der Waals surface area contributed by atoms with Crippen molar-refractivity contribution in [2.45, 2.75) is 52.6 Å². The molecule has 116 valence electrons. The van der Waals surface area contributed by atoms with Crippen molar-refractivity contribution in [1.29, 1.82) is 0 Å². The van der Waals surface area contributed by atoms with Crippen LogP contribution in [-0.4, -0.2) is 37.8 Å². The van der Waals surface area contributed by atoms with E-state index in [0.29, 0.717) is 18.7 Å². The molecular formula is C15H29N3O2. The molecule has 5 heteroatoms. The number of nitrogens with one attached hydrogen (secondary N) is 1. The highest BCUT2D eigenvalue weighted by atomic mass is 16.5. The molecule has 1 N–H and O–H groups in total. The van der Waals surface area contributed by atoms with Crippen molar-refractivity contribution in [2.24, 2.45) is 0 Å². The largest absolute Gasteiger partial charge is 0.432 e. The van der Waals surface area contributed by atoms with Crippen molar-refractivity contribution in [1.82, 2.24) is 10.3 Å². The van der Waals surface area contributed by atoms with Gasteiger partial charge in [0.05, 0.1) is 12.3 Å². The third kappa shape index (κ3) is 5.13. The lowest BCUT2D eigenvalue weighted by atomic mass is 10.1. The van der Waals surface area contributed by atoms with Crippen LogP contribution in [0.3, 0.4) is 0 Å². The van der Waals surface area contributed by atoms with Gasteiger partial charge in [0.1, 0.15) is 6.26 Å². The number of ether oxygens (including phenoxy) is 1. The molecule has 0 unspecified atom stereocenters. The smallest absolute Gasteiger partial charge is 0.297 e. The monoisotopic (exact) mass is 283 g/mol. The minimum Gasteiger partial charge on any atom is -0.432 e. The Bertz CT molecular complexity index is 351. The second-order valence-electron chi connectivity index (χ2n) is 4.95. The molecule has 1 rings (SSSR count). The van der Waals surface area contributed by atoms with Gasteiger partial charge in [0.2, 0.25) is 0 Å². The molecule has 0 saturated heterocycles. The van der Waals surface area contributed by atoms with E-state index in [4.69, 9.17) is 9.15 Å². The van der Waals surface area contributed by atoms with Gasteiger partial charge in [0.25, 0.3) is 6.01 Å². The van der Waals surface area contributed by atoms with Crippen LogP contribution in [0.2, 0.25) is 0 Å². The van der Waals surface area contributed by atoms with Gasteiger partial charge in [-0.3, -0.25) is 0 Å². The predicted molar refractivity (Wildman–Crippen MR) is 82.1 cm³/mol. The summed E-state index contributed by atoms with van der Waals surface area (Å²) >= 11 is 0. The van der Waals surface area contributed by atoms with E-state index < -0.39 is 0 Å². The molecule has 5 nitrogen and oxygen atoms in total. The van der Waals surface area contributed by atoms with Gasteiger partial charge in [-0.25, -0.2) is 0 Å². The summed E-state index contributed by atoms with van der Waals surface area (Å²) in [6, 6.07) is 1.16. The van der Waals surface area contributed by atoms with Gasteiger partial charge in [-0.15, -0.1) is 0 Å². The topological polar surface area (TPSA) is 50.5 Å². The van der Waals surface area contributed by atoms with Crippen LogP contribution >= 0.6 is 0 Å². The van der Waals surface area contributed by atoms with Crippen molar-refractivity contribution in [3.8, 4) is 0 Å². The zero-order chi connectivity index (χ0) is 14.8. The van der Waals surface area contributed by atoms with Gasteiger partial charge in [-0.05, 0) is 25.8 Å². The molecule has 0 fully saturated rings. The van der Waals surface area contributed by atoms with E-state index in [1.165, 1.54) is 0 Å². The zero-order valence-electron chi connectivity index (χ0n) is 13.3. The van der Waals surface area contributed by atoms with E-state index in [1.807, 2.05) is 0 Å². The third-order valence-corrected chi connectivity index (χ3v) is 3.44. The number of aromatic nitrogens is 1. The van der Waals surface area contributed by atoms with Crippen LogP contribution in [0.25, 0.3) is 0 Å². The molecule has 0 bridgehead atoms. The fraction of sp³-hybridized carbons (Fsp3) is 0.800. The van der Waals surface area contributed by atoms with Gasteiger partial charge in [-0.1, -0.05) is 20.8 Å². The molecule has 20 heavy (non-hydrogen) atoms. The zero-order valence-corrected chi connectivity index (χ0v) is 13.3. The van der Waals surface area contributed by atoms with Crippen molar-refractivity contribution >= 4 is 6.01 Å². The Morgan fingerprint density at radius 3 is 2.70 bits per heavy atom. The van der Waals surface area contributed by atoms with Crippen LogP contribution in [0.15, 0.2) is 10.7 Å². The summed E-state index contributed by atoms with van der Waals surface area (Å²) in [6.07, 6.45) is 5.02. The molecule has 0 aliphatic carbocycles. The normalized spacial score (nSPS) is 11.2. The Hall–Kier alpha value is -1.07. The molecule has 1 heterocycles. The van der Waals surface area contributed by atoms with Crippen LogP contribution in [0.1, 0.15) is 45.7 Å². The number of anilines is 1. The van der Waals surface area contributed by atoms with E-state index in [-0.39, 0.29) is 0 Å². The highest BCUT2D eigenvalue weighted by Gasteiger charge is 2.20. The fourth-order valence-corrected chi connectivity index (χ4v) is 2.26. The third-order valence-electron chi connectivity index (χ3n) is 3.44. The minimum atomic E-state index is 0.445. The highest BCUT2D eigenvalue weighted by Crippen LogP contribution is 2.19. The van der Waals surface area contributed by atoms with Crippen LogP contribution in [0, 0.1) is 0 Å². The number of oxazole rings is 1. The van der Waals surface area contributed by atoms with E-state index in [2.05, 4.69) is 36.0 Å². The van der Waals surface area contributed by atoms with E-state index in [9.17, 15) is 0 Å². The molecule has 0 atom stereocenters. The van der Waals surface area contributed by atoms with E-state index in [0.717, 1.165) is 44.6 Å². The average molecular weight is 283 g/mol. The molecule has 1 aromatic heterocycles. The van der Waals surface area contributed by atoms with Crippen LogP contribution in [0.5, 0.6) is 0 Å². The summed E-state index contributed by atoms with van der Waals surface area (Å²) in [4.78, 5) is 6.81. The summed E-state index contributed by atoms with van der Waals surface area (Å²) in [6.45, 7) is 9.80. The average Bonchev–Trinajstić information content (AvgIpc) is 2.92. The van der Waals surface area contributed by atoms with Crippen molar-refractivity contribution < 1.29 is 9.15 Å². The Balaban J connectivity index is 2.69. The molecule has 1 aromatic rings. The quantitative estimate of drug-likeness (QED) is 0.633. The first kappa shape index (κ1) is 17.0. The first-order valence-corrected chi connectivity index (χ1v) is 7.67. The van der Waals surface area contributed by atoms with E-state index >= 15 is 0 Å². The van der Waals surface area contributed by atoms with E-state index in [1.54, 1.807) is 13.4 Å². The second-order valence-corrected chi connectivity index (χ2v) is 4.95. The Labute approximate surface area is 122 Å². The van der Waals surface area contributed by atoms with Gasteiger partial charge in [0.15, 0.2) is 0 Å². The number of hydrogen-bond acceptors (Lipinski definition) is 5. The maximum absolute atomic E-state index is 5.66. The van der Waals surface area contributed by atoms with Gasteiger partial charge >= 0.3 is 0 Å². The lowest BCUT2D eigenvalue weighted by Gasteiger charge is -2.28. The summed E-state index contributed by atoms with van der Waals surface area (Å²) < 4.78 is 10.9. The van der Waals surface area contributed by atoms with Crippen LogP contribution in [0.4, 0.5) is 6.01 Å². The first-order valence-electron chi connectivity index (χ1n) is 7.67. The van der Waals surface area contributed by atoms with Crippen molar-refractivity contribution in [2.75, 3.05) is 31.7 Å². The van der Waals surface area contributed by atoms with Crippen molar-refractivity contribution in [3.05, 3.63) is 12.0 Å². The standard InChI is InChI=1S/C15H29N3O2/c1-5-8-16-11-13-12-20-15(17-13)18(9-10-19-4)14(6-2)7-3/h12,14,16H,5-11H2,1-4H3. The van der Waals surface area contributed by atoms with Crippen LogP contribution < -0.4 is 10.2 Å². The second kappa shape index (κ2) is 9.77. The first-order chi connectivity index (χ1) is 9.76. The molecule has 0 spiro atoms. The Morgan fingerprint density at radius 2 is 2.10 bits per heavy atom. The number of methoxy groups -OCH3 is 1. The highest BCUT2D eigenvalue weighted by molar-refractivity contribution is 5.29. The Kier molecular flexibility index (Phi) is 8.30. The maximum atomic E-state index is 5.66. The van der Waals surface area contributed by atoms with Gasteiger partial charge in [0, 0.05) is 26.2 Å². The molecule has 0 saturated carbocycles. The fourth-order valence-electron chi connectivity index (χ4n) is 2.26. The minimum absolute atomic E-state index is 0.445. The molecule has 0 amide bonds. The summed E-state index contributed by atoms with van der Waals surface area (Å²) in [7, 11) is 1.72. The van der Waals surface area contributed by atoms with Gasteiger partial charge in [-0.2, -0.15) is 4.98 Å².